The number of aromatic nitrogens is 5. The molecule has 0 radical (unpaired) electrons. The van der Waals surface area contributed by atoms with Crippen molar-refractivity contribution in [1.82, 2.24) is 24.7 Å². The first-order chi connectivity index (χ1) is 12.1. The maximum atomic E-state index is 11.3. The Morgan fingerprint density at radius 3 is 2.88 bits per heavy atom. The zero-order valence-corrected chi connectivity index (χ0v) is 14.2. The number of hydrogen-bond donors (Lipinski definition) is 2. The zero-order valence-electron chi connectivity index (χ0n) is 14.2. The van der Waals surface area contributed by atoms with Gasteiger partial charge in [-0.3, -0.25) is 4.68 Å². The molecule has 0 saturated heterocycles. The summed E-state index contributed by atoms with van der Waals surface area (Å²) in [5.74, 6) is -0.220. The highest BCUT2D eigenvalue weighted by atomic mass is 16.4. The molecule has 3 heterocycles. The number of H-pyrrole nitrogens is 1. The Morgan fingerprint density at radius 1 is 1.44 bits per heavy atom. The van der Waals surface area contributed by atoms with Gasteiger partial charge < -0.3 is 15.0 Å². The fourth-order valence-corrected chi connectivity index (χ4v) is 3.09. The average Bonchev–Trinajstić information content (AvgIpc) is 3.23. The van der Waals surface area contributed by atoms with Gasteiger partial charge in [0.05, 0.1) is 11.1 Å². The van der Waals surface area contributed by atoms with Crippen molar-refractivity contribution in [1.29, 1.82) is 0 Å². The van der Waals surface area contributed by atoms with Crippen LogP contribution in [-0.2, 0) is 13.1 Å². The summed E-state index contributed by atoms with van der Waals surface area (Å²) in [5, 5.41) is 14.5. The Labute approximate surface area is 144 Å². The van der Waals surface area contributed by atoms with Crippen molar-refractivity contribution in [3.8, 4) is 0 Å². The molecule has 0 spiro atoms. The number of nitrogens with zero attached hydrogens (tertiary/aromatic N) is 5. The van der Waals surface area contributed by atoms with Gasteiger partial charge in [0, 0.05) is 30.9 Å². The number of rotatable bonds is 6. The molecule has 1 saturated carbocycles. The van der Waals surface area contributed by atoms with Gasteiger partial charge in [0.2, 0.25) is 0 Å². The molecule has 0 atom stereocenters. The van der Waals surface area contributed by atoms with E-state index in [2.05, 4.69) is 38.1 Å². The quantitative estimate of drug-likeness (QED) is 0.714. The van der Waals surface area contributed by atoms with Crippen molar-refractivity contribution < 1.29 is 9.90 Å². The molecule has 1 aliphatic carbocycles. The fourth-order valence-electron chi connectivity index (χ4n) is 3.09. The van der Waals surface area contributed by atoms with Crippen LogP contribution in [0.4, 0.5) is 5.82 Å². The summed E-state index contributed by atoms with van der Waals surface area (Å²) in [5.41, 5.74) is 2.85. The van der Waals surface area contributed by atoms with Gasteiger partial charge in [-0.2, -0.15) is 5.10 Å². The second kappa shape index (κ2) is 5.87. The standard InChI is InChI=1S/C17H20N6O2/c1-3-22-7-11(10(2)21-22)8-23(12-4-5-12)16-13-6-14(17(24)25)20-15(13)18-9-19-16/h6-7,9,12H,3-5,8H2,1-2H3,(H,24,25)(H,18,19,20). The van der Waals surface area contributed by atoms with Crippen molar-refractivity contribution in [2.45, 2.75) is 45.8 Å². The van der Waals surface area contributed by atoms with Gasteiger partial charge >= 0.3 is 5.97 Å². The van der Waals surface area contributed by atoms with Gasteiger partial charge in [-0.15, -0.1) is 0 Å². The lowest BCUT2D eigenvalue weighted by Gasteiger charge is -2.23. The molecule has 3 aromatic heterocycles. The third-order valence-corrected chi connectivity index (χ3v) is 4.61. The molecule has 130 valence electrons. The predicted molar refractivity (Wildman–Crippen MR) is 92.7 cm³/mol. The van der Waals surface area contributed by atoms with Crippen LogP contribution in [0.15, 0.2) is 18.6 Å². The smallest absolute Gasteiger partial charge is 0.352 e. The van der Waals surface area contributed by atoms with Crippen molar-refractivity contribution in [2.75, 3.05) is 4.90 Å². The van der Waals surface area contributed by atoms with E-state index < -0.39 is 5.97 Å². The molecular weight excluding hydrogens is 320 g/mol. The minimum atomic E-state index is -0.998. The first kappa shape index (κ1) is 15.6. The molecule has 2 N–H and O–H groups in total. The van der Waals surface area contributed by atoms with Crippen LogP contribution in [0.1, 0.15) is 41.5 Å². The van der Waals surface area contributed by atoms with Crippen molar-refractivity contribution in [3.63, 3.8) is 0 Å². The number of aromatic carboxylic acids is 1. The van der Waals surface area contributed by atoms with Gasteiger partial charge in [-0.1, -0.05) is 0 Å². The molecular formula is C17H20N6O2. The molecule has 3 aromatic rings. The van der Waals surface area contributed by atoms with Gasteiger partial charge in [0.1, 0.15) is 23.5 Å². The Bertz CT molecular complexity index is 940. The first-order valence-electron chi connectivity index (χ1n) is 8.43. The van der Waals surface area contributed by atoms with Crippen LogP contribution in [0, 0.1) is 6.92 Å². The number of carboxylic acids is 1. The number of aromatic amines is 1. The summed E-state index contributed by atoms with van der Waals surface area (Å²) in [4.78, 5) is 25.0. The predicted octanol–water partition coefficient (Wildman–Crippen LogP) is 2.35. The molecule has 0 unspecified atom stereocenters. The third-order valence-electron chi connectivity index (χ3n) is 4.61. The molecule has 0 bridgehead atoms. The zero-order chi connectivity index (χ0) is 17.6. The molecule has 25 heavy (non-hydrogen) atoms. The van der Waals surface area contributed by atoms with E-state index in [-0.39, 0.29) is 5.69 Å². The molecule has 4 rings (SSSR count). The lowest BCUT2D eigenvalue weighted by Crippen LogP contribution is -2.26. The van der Waals surface area contributed by atoms with Crippen LogP contribution < -0.4 is 4.90 Å². The summed E-state index contributed by atoms with van der Waals surface area (Å²) in [6, 6.07) is 2.04. The summed E-state index contributed by atoms with van der Waals surface area (Å²) < 4.78 is 1.93. The fraction of sp³-hybridized carbons (Fsp3) is 0.412. The normalized spacial score (nSPS) is 14.2. The number of anilines is 1. The number of hydrogen-bond acceptors (Lipinski definition) is 5. The first-order valence-corrected chi connectivity index (χ1v) is 8.43. The minimum absolute atomic E-state index is 0.127. The molecule has 0 amide bonds. The van der Waals surface area contributed by atoms with Crippen LogP contribution in [0.2, 0.25) is 0 Å². The summed E-state index contributed by atoms with van der Waals surface area (Å²) in [6.07, 6.45) is 5.78. The van der Waals surface area contributed by atoms with Gasteiger partial charge in [0.15, 0.2) is 0 Å². The Balaban J connectivity index is 1.75. The Morgan fingerprint density at radius 2 is 2.24 bits per heavy atom. The molecule has 1 fully saturated rings. The monoisotopic (exact) mass is 340 g/mol. The van der Waals surface area contributed by atoms with Crippen LogP contribution in [-0.4, -0.2) is 41.9 Å². The van der Waals surface area contributed by atoms with E-state index in [9.17, 15) is 9.90 Å². The summed E-state index contributed by atoms with van der Waals surface area (Å²) in [6.45, 7) is 5.62. The second-order valence-electron chi connectivity index (χ2n) is 6.40. The second-order valence-corrected chi connectivity index (χ2v) is 6.40. The maximum Gasteiger partial charge on any atom is 0.352 e. The van der Waals surface area contributed by atoms with Gasteiger partial charge in [-0.05, 0) is 32.8 Å². The maximum absolute atomic E-state index is 11.3. The number of aryl methyl sites for hydroxylation is 2. The highest BCUT2D eigenvalue weighted by Gasteiger charge is 2.32. The van der Waals surface area contributed by atoms with E-state index in [1.165, 1.54) is 6.33 Å². The highest BCUT2D eigenvalue weighted by Crippen LogP contribution is 2.35. The van der Waals surface area contributed by atoms with E-state index in [1.807, 2.05) is 11.6 Å². The Hall–Kier alpha value is -2.90. The SMILES string of the molecule is CCn1cc(CN(c2ncnc3[nH]c(C(=O)O)cc23)C2CC2)c(C)n1. The largest absolute Gasteiger partial charge is 0.477 e. The van der Waals surface area contributed by atoms with E-state index in [1.54, 1.807) is 6.07 Å². The van der Waals surface area contributed by atoms with Crippen LogP contribution in [0.25, 0.3) is 11.0 Å². The van der Waals surface area contributed by atoms with E-state index in [0.29, 0.717) is 18.2 Å². The van der Waals surface area contributed by atoms with Gasteiger partial charge in [0.25, 0.3) is 0 Å². The minimum Gasteiger partial charge on any atom is -0.477 e. The van der Waals surface area contributed by atoms with Crippen molar-refractivity contribution in [3.05, 3.63) is 35.5 Å². The summed E-state index contributed by atoms with van der Waals surface area (Å²) in [7, 11) is 0. The molecule has 1 aliphatic rings. The Kier molecular flexibility index (Phi) is 3.67. The number of nitrogens with one attached hydrogen (secondary N) is 1. The van der Waals surface area contributed by atoms with Gasteiger partial charge in [-0.25, -0.2) is 14.8 Å². The number of fused-ring (bicyclic) bond motifs is 1. The van der Waals surface area contributed by atoms with Crippen LogP contribution >= 0.6 is 0 Å². The highest BCUT2D eigenvalue weighted by molar-refractivity contribution is 5.96. The number of carbonyl (C=O) groups is 1. The lowest BCUT2D eigenvalue weighted by molar-refractivity contribution is 0.0691. The molecule has 8 nitrogen and oxygen atoms in total. The molecule has 0 aliphatic heterocycles. The molecule has 8 heteroatoms. The summed E-state index contributed by atoms with van der Waals surface area (Å²) >= 11 is 0. The van der Waals surface area contributed by atoms with Crippen molar-refractivity contribution >= 4 is 22.8 Å². The number of carboxylic acid groups (broad SMARTS) is 1. The molecule has 0 aromatic carbocycles. The third kappa shape index (κ3) is 2.84. The topological polar surface area (TPSA) is 99.9 Å². The average molecular weight is 340 g/mol. The van der Waals surface area contributed by atoms with E-state index >= 15 is 0 Å². The van der Waals surface area contributed by atoms with Crippen molar-refractivity contribution in [2.24, 2.45) is 0 Å². The van der Waals surface area contributed by atoms with Crippen LogP contribution in [0.3, 0.4) is 0 Å². The van der Waals surface area contributed by atoms with E-state index in [0.717, 1.165) is 41.8 Å². The van der Waals surface area contributed by atoms with E-state index in [4.69, 9.17) is 0 Å². The lowest BCUT2D eigenvalue weighted by atomic mass is 10.2. The van der Waals surface area contributed by atoms with Crippen LogP contribution in [0.5, 0.6) is 0 Å².